The van der Waals surface area contributed by atoms with Crippen molar-refractivity contribution in [3.8, 4) is 5.75 Å². The summed E-state index contributed by atoms with van der Waals surface area (Å²) >= 11 is 7.45. The first-order valence-corrected chi connectivity index (χ1v) is 7.01. The summed E-state index contributed by atoms with van der Waals surface area (Å²) < 4.78 is 1.02. The highest BCUT2D eigenvalue weighted by molar-refractivity contribution is 9.13. The molecular formula is C11H6Br2NO2S. The van der Waals surface area contributed by atoms with Crippen molar-refractivity contribution >= 4 is 54.8 Å². The maximum Gasteiger partial charge on any atom is 0.269 e. The predicted octanol–water partition coefficient (Wildman–Crippen LogP) is 4.67. The maximum absolute atomic E-state index is 11.9. The van der Waals surface area contributed by atoms with Crippen LogP contribution in [0, 0.1) is 0 Å². The molecule has 0 aliphatic rings. The van der Waals surface area contributed by atoms with Gasteiger partial charge in [0.15, 0.2) is 0 Å². The van der Waals surface area contributed by atoms with E-state index in [1.165, 1.54) is 0 Å². The van der Waals surface area contributed by atoms with Gasteiger partial charge in [0.1, 0.15) is 4.88 Å². The second kappa shape index (κ2) is 5.20. The summed E-state index contributed by atoms with van der Waals surface area (Å²) in [7, 11) is 0. The van der Waals surface area contributed by atoms with Gasteiger partial charge in [-0.15, -0.1) is 11.3 Å². The lowest BCUT2D eigenvalue weighted by molar-refractivity contribution is 0.102. The van der Waals surface area contributed by atoms with Gasteiger partial charge in [0.25, 0.3) is 5.91 Å². The third kappa shape index (κ3) is 2.70. The van der Waals surface area contributed by atoms with Crippen LogP contribution in [0.3, 0.4) is 0 Å². The number of benzene rings is 1. The molecule has 1 aromatic carbocycles. The molecule has 0 unspecified atom stereocenters. The average molecular weight is 376 g/mol. The molecular weight excluding hydrogens is 370 g/mol. The molecule has 1 aromatic heterocycles. The normalized spacial score (nSPS) is 10.2. The van der Waals surface area contributed by atoms with E-state index in [9.17, 15) is 9.90 Å². The zero-order valence-electron chi connectivity index (χ0n) is 8.37. The third-order valence-corrected chi connectivity index (χ3v) is 5.40. The Bertz CT molecular complexity index is 554. The highest BCUT2D eigenvalue weighted by Crippen LogP contribution is 2.42. The molecule has 0 spiro atoms. The van der Waals surface area contributed by atoms with Crippen molar-refractivity contribution in [3.05, 3.63) is 43.5 Å². The van der Waals surface area contributed by atoms with Gasteiger partial charge >= 0.3 is 0 Å². The molecule has 17 heavy (non-hydrogen) atoms. The van der Waals surface area contributed by atoms with Gasteiger partial charge in [-0.3, -0.25) is 9.90 Å². The van der Waals surface area contributed by atoms with Crippen molar-refractivity contribution in [2.75, 3.05) is 5.32 Å². The van der Waals surface area contributed by atoms with Gasteiger partial charge in [0.2, 0.25) is 5.75 Å². The number of halogens is 2. The smallest absolute Gasteiger partial charge is 0.269 e. The molecule has 1 amide bonds. The van der Waals surface area contributed by atoms with Gasteiger partial charge < -0.3 is 5.32 Å². The van der Waals surface area contributed by atoms with Crippen LogP contribution >= 0.6 is 43.2 Å². The van der Waals surface area contributed by atoms with Crippen molar-refractivity contribution in [1.82, 2.24) is 0 Å². The van der Waals surface area contributed by atoms with Gasteiger partial charge in [-0.25, -0.2) is 0 Å². The van der Waals surface area contributed by atoms with Crippen LogP contribution in [0.4, 0.5) is 5.69 Å². The van der Waals surface area contributed by atoms with E-state index in [0.717, 1.165) is 11.3 Å². The summed E-state index contributed by atoms with van der Waals surface area (Å²) in [6, 6.07) is 9.01. The zero-order valence-corrected chi connectivity index (χ0v) is 12.4. The molecule has 0 saturated carbocycles. The number of carbonyl (C=O) groups excluding carboxylic acids is 1. The summed E-state index contributed by atoms with van der Waals surface area (Å²) in [6.07, 6.45) is 0. The number of nitrogens with one attached hydrogen (secondary N) is 1. The molecule has 0 saturated heterocycles. The predicted molar refractivity (Wildman–Crippen MR) is 74.2 cm³/mol. The first-order chi connectivity index (χ1) is 8.09. The van der Waals surface area contributed by atoms with E-state index in [4.69, 9.17) is 0 Å². The second-order valence-electron chi connectivity index (χ2n) is 3.17. The number of thiophene rings is 1. The molecule has 0 aliphatic carbocycles. The van der Waals surface area contributed by atoms with Crippen molar-refractivity contribution in [2.24, 2.45) is 0 Å². The van der Waals surface area contributed by atoms with Crippen LogP contribution in [0.2, 0.25) is 0 Å². The van der Waals surface area contributed by atoms with Crippen molar-refractivity contribution in [1.29, 1.82) is 0 Å². The summed E-state index contributed by atoms with van der Waals surface area (Å²) in [5.41, 5.74) is 0.664. The monoisotopic (exact) mass is 374 g/mol. The van der Waals surface area contributed by atoms with E-state index in [-0.39, 0.29) is 10.6 Å². The van der Waals surface area contributed by atoms with Crippen molar-refractivity contribution < 1.29 is 9.90 Å². The molecule has 2 aromatic rings. The Morgan fingerprint density at radius 1 is 1.18 bits per heavy atom. The van der Waals surface area contributed by atoms with E-state index in [1.807, 2.05) is 18.2 Å². The SMILES string of the molecule is [O]c1c(C(=O)Nc2ccccc2)sc(Br)c1Br. The number of anilines is 1. The lowest BCUT2D eigenvalue weighted by atomic mass is 10.3. The number of rotatable bonds is 2. The lowest BCUT2D eigenvalue weighted by Gasteiger charge is -2.02. The topological polar surface area (TPSA) is 49.0 Å². The average Bonchev–Trinajstić information content (AvgIpc) is 2.58. The third-order valence-electron chi connectivity index (χ3n) is 2.01. The summed E-state index contributed by atoms with van der Waals surface area (Å²) in [5.74, 6) is -0.687. The number of hydrogen-bond acceptors (Lipinski definition) is 2. The number of hydrogen-bond donors (Lipinski definition) is 1. The van der Waals surface area contributed by atoms with E-state index in [1.54, 1.807) is 12.1 Å². The van der Waals surface area contributed by atoms with Gasteiger partial charge in [-0.2, -0.15) is 0 Å². The molecule has 1 radical (unpaired) electrons. The maximum atomic E-state index is 11.9. The largest absolute Gasteiger partial charge is 0.321 e. The fourth-order valence-electron chi connectivity index (χ4n) is 1.23. The van der Waals surface area contributed by atoms with Crippen LogP contribution in [0.25, 0.3) is 0 Å². The van der Waals surface area contributed by atoms with Gasteiger partial charge in [0.05, 0.1) is 8.26 Å². The summed E-state index contributed by atoms with van der Waals surface area (Å²) in [5, 5.41) is 14.4. The standard InChI is InChI=1S/C11H6Br2NO2S/c12-7-8(15)9(17-10(7)13)11(16)14-6-4-2-1-3-5-6/h1-5H,(H,14,16). The Hall–Kier alpha value is -0.850. The van der Waals surface area contributed by atoms with Crippen LogP contribution in [0.1, 0.15) is 9.67 Å². The minimum absolute atomic E-state index is 0.160. The molecule has 0 atom stereocenters. The van der Waals surface area contributed by atoms with Crippen LogP contribution in [-0.2, 0) is 5.11 Å². The van der Waals surface area contributed by atoms with Crippen LogP contribution < -0.4 is 5.32 Å². The van der Waals surface area contributed by atoms with E-state index in [0.29, 0.717) is 13.9 Å². The molecule has 0 aliphatic heterocycles. The van der Waals surface area contributed by atoms with Crippen LogP contribution in [0.15, 0.2) is 38.6 Å². The molecule has 3 nitrogen and oxygen atoms in total. The van der Waals surface area contributed by atoms with E-state index >= 15 is 0 Å². The van der Waals surface area contributed by atoms with Gasteiger partial charge in [-0.1, -0.05) is 18.2 Å². The Morgan fingerprint density at radius 3 is 2.35 bits per heavy atom. The molecule has 0 fully saturated rings. The molecule has 6 heteroatoms. The highest BCUT2D eigenvalue weighted by atomic mass is 79.9. The van der Waals surface area contributed by atoms with Gasteiger partial charge in [0, 0.05) is 5.69 Å². The van der Waals surface area contributed by atoms with E-state index < -0.39 is 5.91 Å². The van der Waals surface area contributed by atoms with Gasteiger partial charge in [-0.05, 0) is 44.0 Å². The fraction of sp³-hybridized carbons (Fsp3) is 0. The first-order valence-electron chi connectivity index (χ1n) is 4.61. The Labute approximate surface area is 119 Å². The number of amides is 1. The minimum atomic E-state index is -0.391. The lowest BCUT2D eigenvalue weighted by Crippen LogP contribution is -2.09. The molecule has 2 rings (SSSR count). The Morgan fingerprint density at radius 2 is 1.82 bits per heavy atom. The summed E-state index contributed by atoms with van der Waals surface area (Å²) in [4.78, 5) is 12.0. The van der Waals surface area contributed by atoms with Crippen LogP contribution in [-0.4, -0.2) is 5.91 Å². The van der Waals surface area contributed by atoms with Crippen molar-refractivity contribution in [3.63, 3.8) is 0 Å². The fourth-order valence-corrected chi connectivity index (χ4v) is 3.17. The zero-order chi connectivity index (χ0) is 12.4. The number of carbonyl (C=O) groups is 1. The second-order valence-corrected chi connectivity index (χ2v) is 6.30. The molecule has 87 valence electrons. The summed E-state index contributed by atoms with van der Waals surface area (Å²) in [6.45, 7) is 0. The quantitative estimate of drug-likeness (QED) is 0.814. The Balaban J connectivity index is 2.24. The van der Waals surface area contributed by atoms with Crippen LogP contribution in [0.5, 0.6) is 5.75 Å². The molecule has 0 bridgehead atoms. The highest BCUT2D eigenvalue weighted by Gasteiger charge is 2.21. The van der Waals surface area contributed by atoms with Crippen molar-refractivity contribution in [2.45, 2.75) is 0 Å². The Kier molecular flexibility index (Phi) is 3.86. The molecule has 1 N–H and O–H groups in total. The van der Waals surface area contributed by atoms with E-state index in [2.05, 4.69) is 37.2 Å². The number of para-hydroxylation sites is 1. The first kappa shape index (κ1) is 12.6. The minimum Gasteiger partial charge on any atom is -0.321 e. The molecule has 1 heterocycles.